The summed E-state index contributed by atoms with van der Waals surface area (Å²) in [6.07, 6.45) is 5.56. The van der Waals surface area contributed by atoms with Gasteiger partial charge in [0, 0.05) is 11.4 Å². The minimum Gasteiger partial charge on any atom is -0.356 e. The van der Waals surface area contributed by atoms with Gasteiger partial charge >= 0.3 is 0 Å². The van der Waals surface area contributed by atoms with Crippen LogP contribution in [0.4, 0.5) is 11.4 Å². The highest BCUT2D eigenvalue weighted by Gasteiger charge is 1.98. The lowest BCUT2D eigenvalue weighted by molar-refractivity contribution is 1.53. The maximum atomic E-state index is 3.81. The maximum absolute atomic E-state index is 3.81. The average Bonchev–Trinajstić information content (AvgIpc) is 2.47. The molecule has 0 bridgehead atoms. The Labute approximate surface area is 114 Å². The molecule has 2 aromatic rings. The van der Waals surface area contributed by atoms with Crippen molar-refractivity contribution in [1.29, 1.82) is 0 Å². The van der Waals surface area contributed by atoms with Gasteiger partial charge in [0.05, 0.1) is 0 Å². The first kappa shape index (κ1) is 12.9. The van der Waals surface area contributed by atoms with E-state index in [9.17, 15) is 0 Å². The molecule has 0 atom stereocenters. The van der Waals surface area contributed by atoms with Crippen LogP contribution in [0.25, 0.3) is 5.57 Å². The average molecular weight is 247 g/mol. The van der Waals surface area contributed by atoms with Crippen molar-refractivity contribution in [3.05, 3.63) is 91.5 Å². The molecule has 0 fully saturated rings. The number of allylic oxidation sites excluding steroid dienone is 4. The Kier molecular flexibility index (Phi) is 4.35. The molecular formula is C18H17N. The van der Waals surface area contributed by atoms with Crippen molar-refractivity contribution in [1.82, 2.24) is 0 Å². The third-order valence-electron chi connectivity index (χ3n) is 2.80. The van der Waals surface area contributed by atoms with E-state index in [1.54, 1.807) is 6.08 Å². The molecule has 0 aliphatic rings. The van der Waals surface area contributed by atoms with Gasteiger partial charge in [-0.15, -0.1) is 0 Å². The zero-order valence-corrected chi connectivity index (χ0v) is 10.8. The first-order chi connectivity index (χ1) is 9.33. The van der Waals surface area contributed by atoms with Crippen molar-refractivity contribution in [2.45, 2.75) is 0 Å². The second kappa shape index (κ2) is 6.41. The summed E-state index contributed by atoms with van der Waals surface area (Å²) in [7, 11) is 0. The second-order valence-electron chi connectivity index (χ2n) is 4.13. The van der Waals surface area contributed by atoms with Crippen LogP contribution in [0.2, 0.25) is 0 Å². The fourth-order valence-corrected chi connectivity index (χ4v) is 1.84. The number of nitrogens with one attached hydrogen (secondary N) is 1. The van der Waals surface area contributed by atoms with E-state index in [0.717, 1.165) is 22.5 Å². The van der Waals surface area contributed by atoms with Crippen LogP contribution >= 0.6 is 0 Å². The Hall–Kier alpha value is -2.54. The Balaban J connectivity index is 2.17. The topological polar surface area (TPSA) is 12.0 Å². The monoisotopic (exact) mass is 247 g/mol. The van der Waals surface area contributed by atoms with Crippen molar-refractivity contribution >= 4 is 16.9 Å². The molecule has 0 unspecified atom stereocenters. The number of anilines is 2. The lowest BCUT2D eigenvalue weighted by Crippen LogP contribution is -1.90. The van der Waals surface area contributed by atoms with Gasteiger partial charge in [-0.1, -0.05) is 61.7 Å². The van der Waals surface area contributed by atoms with Crippen LogP contribution in [0.5, 0.6) is 0 Å². The quantitative estimate of drug-likeness (QED) is 0.717. The van der Waals surface area contributed by atoms with Gasteiger partial charge in [0.25, 0.3) is 0 Å². The van der Waals surface area contributed by atoms with Crippen molar-refractivity contribution < 1.29 is 0 Å². The third-order valence-corrected chi connectivity index (χ3v) is 2.80. The fourth-order valence-electron chi connectivity index (χ4n) is 1.84. The SMILES string of the molecule is C=C/C=C(\C=C)c1ccc(Nc2ccccc2)cc1. The summed E-state index contributed by atoms with van der Waals surface area (Å²) in [5, 5.41) is 3.35. The summed E-state index contributed by atoms with van der Waals surface area (Å²) in [5.74, 6) is 0. The predicted octanol–water partition coefficient (Wildman–Crippen LogP) is 5.19. The van der Waals surface area contributed by atoms with Crippen molar-refractivity contribution in [2.24, 2.45) is 0 Å². The molecule has 0 saturated carbocycles. The van der Waals surface area contributed by atoms with Crippen molar-refractivity contribution in [3.63, 3.8) is 0 Å². The molecule has 0 spiro atoms. The molecule has 1 nitrogen and oxygen atoms in total. The highest BCUT2D eigenvalue weighted by atomic mass is 14.9. The lowest BCUT2D eigenvalue weighted by atomic mass is 10.1. The van der Waals surface area contributed by atoms with Crippen LogP contribution in [0.1, 0.15) is 5.56 Å². The molecule has 0 heterocycles. The summed E-state index contributed by atoms with van der Waals surface area (Å²) in [5.41, 5.74) is 4.35. The van der Waals surface area contributed by atoms with E-state index in [4.69, 9.17) is 0 Å². The molecular weight excluding hydrogens is 230 g/mol. The van der Waals surface area contributed by atoms with Crippen LogP contribution in [0.15, 0.2) is 86.0 Å². The van der Waals surface area contributed by atoms with Gasteiger partial charge in [-0.05, 0) is 35.4 Å². The Morgan fingerprint density at radius 3 is 2.05 bits per heavy atom. The van der Waals surface area contributed by atoms with Gasteiger partial charge < -0.3 is 5.32 Å². The molecule has 1 N–H and O–H groups in total. The van der Waals surface area contributed by atoms with Gasteiger partial charge in [-0.25, -0.2) is 0 Å². The van der Waals surface area contributed by atoms with E-state index in [1.807, 2.05) is 42.5 Å². The fraction of sp³-hybridized carbons (Fsp3) is 0. The third kappa shape index (κ3) is 3.46. The Morgan fingerprint density at radius 1 is 0.842 bits per heavy atom. The smallest absolute Gasteiger partial charge is 0.0384 e. The largest absolute Gasteiger partial charge is 0.356 e. The molecule has 19 heavy (non-hydrogen) atoms. The molecule has 0 saturated heterocycles. The highest BCUT2D eigenvalue weighted by molar-refractivity contribution is 5.76. The van der Waals surface area contributed by atoms with Gasteiger partial charge in [0.1, 0.15) is 0 Å². The summed E-state index contributed by atoms with van der Waals surface area (Å²) in [4.78, 5) is 0. The Bertz CT molecular complexity index is 577. The van der Waals surface area contributed by atoms with Crippen LogP contribution < -0.4 is 5.32 Å². The highest BCUT2D eigenvalue weighted by Crippen LogP contribution is 2.21. The van der Waals surface area contributed by atoms with Crippen LogP contribution in [0, 0.1) is 0 Å². The molecule has 0 amide bonds. The number of benzene rings is 2. The van der Waals surface area contributed by atoms with Gasteiger partial charge in [0.15, 0.2) is 0 Å². The number of rotatable bonds is 5. The molecule has 2 rings (SSSR count). The molecule has 0 radical (unpaired) electrons. The molecule has 0 aromatic heterocycles. The summed E-state index contributed by atoms with van der Waals surface area (Å²) >= 11 is 0. The predicted molar refractivity (Wildman–Crippen MR) is 84.5 cm³/mol. The van der Waals surface area contributed by atoms with E-state index in [1.165, 1.54) is 0 Å². The second-order valence-corrected chi connectivity index (χ2v) is 4.13. The van der Waals surface area contributed by atoms with Crippen LogP contribution in [-0.2, 0) is 0 Å². The normalized spacial score (nSPS) is 10.8. The standard InChI is InChI=1S/C18H17N/c1-3-8-15(4-2)16-11-13-18(14-12-16)19-17-9-6-5-7-10-17/h3-14,19H,1-2H2/b15-8+. The first-order valence-electron chi connectivity index (χ1n) is 6.21. The molecule has 1 heteroatoms. The van der Waals surface area contributed by atoms with Crippen molar-refractivity contribution in [3.8, 4) is 0 Å². The Morgan fingerprint density at radius 2 is 1.47 bits per heavy atom. The van der Waals surface area contributed by atoms with Gasteiger partial charge in [-0.2, -0.15) is 0 Å². The van der Waals surface area contributed by atoms with Crippen LogP contribution in [-0.4, -0.2) is 0 Å². The van der Waals surface area contributed by atoms with Crippen molar-refractivity contribution in [2.75, 3.05) is 5.32 Å². The zero-order chi connectivity index (χ0) is 13.5. The van der Waals surface area contributed by atoms with Crippen LogP contribution in [0.3, 0.4) is 0 Å². The summed E-state index contributed by atoms with van der Waals surface area (Å²) in [6.45, 7) is 7.53. The number of hydrogen-bond donors (Lipinski definition) is 1. The minimum absolute atomic E-state index is 1.07. The summed E-state index contributed by atoms with van der Waals surface area (Å²) in [6, 6.07) is 18.4. The lowest BCUT2D eigenvalue weighted by Gasteiger charge is -2.07. The summed E-state index contributed by atoms with van der Waals surface area (Å²) < 4.78 is 0. The van der Waals surface area contributed by atoms with E-state index in [-0.39, 0.29) is 0 Å². The van der Waals surface area contributed by atoms with E-state index >= 15 is 0 Å². The van der Waals surface area contributed by atoms with E-state index in [0.29, 0.717) is 0 Å². The van der Waals surface area contributed by atoms with E-state index in [2.05, 4.69) is 42.7 Å². The van der Waals surface area contributed by atoms with Gasteiger partial charge in [0.2, 0.25) is 0 Å². The van der Waals surface area contributed by atoms with E-state index < -0.39 is 0 Å². The maximum Gasteiger partial charge on any atom is 0.0384 e. The van der Waals surface area contributed by atoms with Gasteiger partial charge in [-0.3, -0.25) is 0 Å². The molecule has 0 aliphatic heterocycles. The minimum atomic E-state index is 1.07. The number of hydrogen-bond acceptors (Lipinski definition) is 1. The number of para-hydroxylation sites is 1. The molecule has 2 aromatic carbocycles. The molecule has 94 valence electrons. The first-order valence-corrected chi connectivity index (χ1v) is 6.21. The molecule has 0 aliphatic carbocycles. The zero-order valence-electron chi connectivity index (χ0n) is 10.8.